The van der Waals surface area contributed by atoms with Crippen LogP contribution in [0, 0.1) is 10.8 Å². The van der Waals surface area contributed by atoms with E-state index in [0.29, 0.717) is 18.0 Å². The van der Waals surface area contributed by atoms with Crippen LogP contribution in [0.15, 0.2) is 0 Å². The van der Waals surface area contributed by atoms with Crippen LogP contribution >= 0.6 is 0 Å². The molecule has 0 aromatic heterocycles. The minimum absolute atomic E-state index is 0.166. The number of nitrogens with two attached hydrogens (primary N) is 1. The molecule has 100 valence electrons. The molecule has 1 aliphatic rings. The first-order valence-electron chi connectivity index (χ1n) is 6.53. The third-order valence-electron chi connectivity index (χ3n) is 3.71. The van der Waals surface area contributed by atoms with Gasteiger partial charge in [0.25, 0.3) is 0 Å². The first-order chi connectivity index (χ1) is 7.83. The molecule has 1 rings (SSSR count). The van der Waals surface area contributed by atoms with E-state index in [-0.39, 0.29) is 5.41 Å². The summed E-state index contributed by atoms with van der Waals surface area (Å²) in [4.78, 5) is 2.48. The molecule has 4 heteroatoms. The lowest BCUT2D eigenvalue weighted by molar-refractivity contribution is -0.0499. The highest BCUT2D eigenvalue weighted by atomic mass is 16.5. The molecule has 2 atom stereocenters. The summed E-state index contributed by atoms with van der Waals surface area (Å²) < 4.78 is 5.61. The van der Waals surface area contributed by atoms with E-state index in [1.807, 2.05) is 13.8 Å². The molecular weight excluding hydrogens is 214 g/mol. The maximum atomic E-state index is 7.54. The number of hydrogen-bond acceptors (Lipinski definition) is 3. The number of nitrogens with one attached hydrogen (secondary N) is 1. The first-order valence-corrected chi connectivity index (χ1v) is 6.53. The Labute approximate surface area is 105 Å². The van der Waals surface area contributed by atoms with Gasteiger partial charge in [0.15, 0.2) is 0 Å². The number of amidine groups is 1. The van der Waals surface area contributed by atoms with E-state index in [4.69, 9.17) is 15.9 Å². The number of ether oxygens (including phenoxy) is 1. The molecule has 0 bridgehead atoms. The fraction of sp³-hybridized carbons (Fsp3) is 0.923. The van der Waals surface area contributed by atoms with Crippen molar-refractivity contribution in [3.8, 4) is 0 Å². The van der Waals surface area contributed by atoms with Gasteiger partial charge in [-0.15, -0.1) is 0 Å². The molecule has 1 saturated heterocycles. The van der Waals surface area contributed by atoms with Gasteiger partial charge in [-0.25, -0.2) is 0 Å². The summed E-state index contributed by atoms with van der Waals surface area (Å²) in [7, 11) is 0. The molecule has 1 heterocycles. The largest absolute Gasteiger partial charge is 0.387 e. The van der Waals surface area contributed by atoms with E-state index in [1.165, 1.54) is 0 Å². The Balaban J connectivity index is 2.32. The van der Waals surface area contributed by atoms with Crippen LogP contribution in [0.2, 0.25) is 0 Å². The fourth-order valence-corrected chi connectivity index (χ4v) is 2.14. The van der Waals surface area contributed by atoms with Crippen LogP contribution in [0.4, 0.5) is 0 Å². The highest BCUT2D eigenvalue weighted by Gasteiger charge is 2.25. The molecule has 3 N–H and O–H groups in total. The van der Waals surface area contributed by atoms with Gasteiger partial charge in [-0.05, 0) is 33.2 Å². The SMILES string of the molecule is CC1CN(CCCC(C)(C)C(=N)N)C(C)CO1. The zero-order valence-corrected chi connectivity index (χ0v) is 11.6. The number of hydrogen-bond donors (Lipinski definition) is 2. The second-order valence-electron chi connectivity index (χ2n) is 5.89. The number of rotatable bonds is 5. The average molecular weight is 241 g/mol. The molecule has 17 heavy (non-hydrogen) atoms. The quantitative estimate of drug-likeness (QED) is 0.570. The monoisotopic (exact) mass is 241 g/mol. The van der Waals surface area contributed by atoms with E-state index in [0.717, 1.165) is 32.5 Å². The molecule has 0 radical (unpaired) electrons. The number of nitrogens with zero attached hydrogens (tertiary/aromatic N) is 1. The molecule has 1 fully saturated rings. The second kappa shape index (κ2) is 5.83. The molecule has 4 nitrogen and oxygen atoms in total. The van der Waals surface area contributed by atoms with Crippen molar-refractivity contribution in [2.45, 2.75) is 52.7 Å². The minimum atomic E-state index is -0.166. The molecule has 0 aromatic carbocycles. The number of morpholine rings is 1. The van der Waals surface area contributed by atoms with E-state index >= 15 is 0 Å². The van der Waals surface area contributed by atoms with E-state index in [1.54, 1.807) is 0 Å². The Kier molecular flexibility index (Phi) is 4.95. The van der Waals surface area contributed by atoms with Gasteiger partial charge in [0.1, 0.15) is 0 Å². The van der Waals surface area contributed by atoms with Crippen molar-refractivity contribution in [3.63, 3.8) is 0 Å². The average Bonchev–Trinajstić information content (AvgIpc) is 2.22. The van der Waals surface area contributed by atoms with Gasteiger partial charge in [-0.2, -0.15) is 0 Å². The topological polar surface area (TPSA) is 62.3 Å². The van der Waals surface area contributed by atoms with Crippen LogP contribution in [0.3, 0.4) is 0 Å². The van der Waals surface area contributed by atoms with Gasteiger partial charge >= 0.3 is 0 Å². The highest BCUT2D eigenvalue weighted by Crippen LogP contribution is 2.22. The lowest BCUT2D eigenvalue weighted by Gasteiger charge is -2.37. The molecule has 0 aliphatic carbocycles. The van der Waals surface area contributed by atoms with Gasteiger partial charge in [0.2, 0.25) is 0 Å². The first kappa shape index (κ1) is 14.5. The molecule has 0 spiro atoms. The maximum absolute atomic E-state index is 7.54. The zero-order chi connectivity index (χ0) is 13.1. The Morgan fingerprint density at radius 2 is 2.12 bits per heavy atom. The van der Waals surface area contributed by atoms with Crippen molar-refractivity contribution in [1.82, 2.24) is 4.90 Å². The smallest absolute Gasteiger partial charge is 0.0963 e. The summed E-state index contributed by atoms with van der Waals surface area (Å²) in [6.07, 6.45) is 2.40. The van der Waals surface area contributed by atoms with Gasteiger partial charge < -0.3 is 10.5 Å². The predicted octanol–water partition coefficient (Wildman–Crippen LogP) is 1.84. The Morgan fingerprint density at radius 3 is 2.71 bits per heavy atom. The van der Waals surface area contributed by atoms with Crippen LogP contribution < -0.4 is 5.73 Å². The fourth-order valence-electron chi connectivity index (χ4n) is 2.14. The summed E-state index contributed by atoms with van der Waals surface area (Å²) in [5, 5.41) is 7.54. The highest BCUT2D eigenvalue weighted by molar-refractivity contribution is 5.82. The Hall–Kier alpha value is -0.610. The van der Waals surface area contributed by atoms with E-state index < -0.39 is 0 Å². The van der Waals surface area contributed by atoms with Crippen LogP contribution in [0.25, 0.3) is 0 Å². The summed E-state index contributed by atoms with van der Waals surface area (Å²) in [6.45, 7) is 11.3. The van der Waals surface area contributed by atoms with Gasteiger partial charge in [0, 0.05) is 18.0 Å². The molecule has 2 unspecified atom stereocenters. The minimum Gasteiger partial charge on any atom is -0.387 e. The normalized spacial score (nSPS) is 27.1. The standard InChI is InChI=1S/C13H27N3O/c1-10-9-17-11(2)8-16(10)7-5-6-13(3,4)12(14)15/h10-11H,5-9H2,1-4H3,(H3,14,15). The van der Waals surface area contributed by atoms with Crippen LogP contribution in [0.1, 0.15) is 40.5 Å². The van der Waals surface area contributed by atoms with E-state index in [2.05, 4.69) is 18.7 Å². The third-order valence-corrected chi connectivity index (χ3v) is 3.71. The Bertz CT molecular complexity index is 265. The van der Waals surface area contributed by atoms with Crippen LogP contribution in [0.5, 0.6) is 0 Å². The molecule has 0 saturated carbocycles. The van der Waals surface area contributed by atoms with Crippen molar-refractivity contribution in [2.24, 2.45) is 11.1 Å². The van der Waals surface area contributed by atoms with Crippen molar-refractivity contribution in [1.29, 1.82) is 5.41 Å². The maximum Gasteiger partial charge on any atom is 0.0963 e. The Morgan fingerprint density at radius 1 is 1.47 bits per heavy atom. The van der Waals surface area contributed by atoms with E-state index in [9.17, 15) is 0 Å². The lowest BCUT2D eigenvalue weighted by Crippen LogP contribution is -2.47. The predicted molar refractivity (Wildman–Crippen MR) is 71.4 cm³/mol. The summed E-state index contributed by atoms with van der Waals surface area (Å²) in [6, 6.07) is 0.506. The molecular formula is C13H27N3O. The summed E-state index contributed by atoms with van der Waals surface area (Å²) in [5.41, 5.74) is 5.42. The third kappa shape index (κ3) is 4.28. The second-order valence-corrected chi connectivity index (χ2v) is 5.89. The summed E-state index contributed by atoms with van der Waals surface area (Å²) in [5.74, 6) is 0.292. The van der Waals surface area contributed by atoms with Gasteiger partial charge in [0.05, 0.1) is 18.5 Å². The van der Waals surface area contributed by atoms with Crippen LogP contribution in [-0.2, 0) is 4.74 Å². The van der Waals surface area contributed by atoms with Gasteiger partial charge in [-0.3, -0.25) is 10.3 Å². The molecule has 0 aromatic rings. The molecule has 1 aliphatic heterocycles. The van der Waals surface area contributed by atoms with Gasteiger partial charge in [-0.1, -0.05) is 13.8 Å². The lowest BCUT2D eigenvalue weighted by atomic mass is 9.86. The summed E-state index contributed by atoms with van der Waals surface area (Å²) >= 11 is 0. The zero-order valence-electron chi connectivity index (χ0n) is 11.6. The van der Waals surface area contributed by atoms with Crippen molar-refractivity contribution in [3.05, 3.63) is 0 Å². The van der Waals surface area contributed by atoms with Crippen molar-refractivity contribution in [2.75, 3.05) is 19.7 Å². The van der Waals surface area contributed by atoms with Crippen LogP contribution in [-0.4, -0.2) is 42.6 Å². The van der Waals surface area contributed by atoms with Crippen molar-refractivity contribution < 1.29 is 4.74 Å². The van der Waals surface area contributed by atoms with Crippen molar-refractivity contribution >= 4 is 5.84 Å². The molecule has 0 amide bonds.